The van der Waals surface area contributed by atoms with Gasteiger partial charge in [0.25, 0.3) is 0 Å². The van der Waals surface area contributed by atoms with Crippen molar-refractivity contribution in [2.45, 2.75) is 103 Å². The number of carbonyl (C=O) groups excluding carboxylic acids is 2. The number of fused-ring (bicyclic) bond motifs is 4. The lowest BCUT2D eigenvalue weighted by molar-refractivity contribution is -0.180. The summed E-state index contributed by atoms with van der Waals surface area (Å²) >= 11 is 0. The van der Waals surface area contributed by atoms with Gasteiger partial charge in [-0.3, -0.25) is 4.79 Å². The van der Waals surface area contributed by atoms with E-state index in [2.05, 4.69) is 13.8 Å². The smallest absolute Gasteiger partial charge is 0.336 e. The fourth-order valence-electron chi connectivity index (χ4n) is 10.0. The third-order valence-corrected chi connectivity index (χ3v) is 12.0. The van der Waals surface area contributed by atoms with Gasteiger partial charge in [-0.25, -0.2) is 4.79 Å². The Labute approximate surface area is 207 Å². The number of rotatable bonds is 3. The topological polar surface area (TPSA) is 117 Å². The molecule has 0 bridgehead atoms. The minimum atomic E-state index is -1.04. The van der Waals surface area contributed by atoms with Crippen LogP contribution >= 0.6 is 0 Å². The van der Waals surface area contributed by atoms with Crippen LogP contribution in [0, 0.1) is 40.4 Å². The Kier molecular flexibility index (Phi) is 5.24. The minimum Gasteiger partial charge on any atom is -0.458 e. The van der Waals surface area contributed by atoms with Gasteiger partial charge in [0.1, 0.15) is 23.6 Å². The molecule has 2 aliphatic heterocycles. The first-order valence-corrected chi connectivity index (χ1v) is 13.6. The van der Waals surface area contributed by atoms with E-state index in [0.717, 1.165) is 37.7 Å². The molecule has 35 heavy (non-hydrogen) atoms. The van der Waals surface area contributed by atoms with Crippen molar-refractivity contribution in [2.75, 3.05) is 6.61 Å². The Bertz CT molecular complexity index is 990. The van der Waals surface area contributed by atoms with Gasteiger partial charge >= 0.3 is 5.97 Å². The zero-order chi connectivity index (χ0) is 25.1. The molecule has 6 aliphatic rings. The Morgan fingerprint density at radius 2 is 1.83 bits per heavy atom. The van der Waals surface area contributed by atoms with E-state index in [1.807, 2.05) is 13.8 Å². The number of esters is 1. The van der Waals surface area contributed by atoms with Crippen molar-refractivity contribution < 1.29 is 34.4 Å². The van der Waals surface area contributed by atoms with Crippen LogP contribution in [0.3, 0.4) is 0 Å². The average molecular weight is 489 g/mol. The number of hydrogen-bond donors (Lipinski definition) is 3. The summed E-state index contributed by atoms with van der Waals surface area (Å²) in [7, 11) is 0. The quantitative estimate of drug-likeness (QED) is 0.413. The summed E-state index contributed by atoms with van der Waals surface area (Å²) in [4.78, 5) is 25.9. The predicted octanol–water partition coefficient (Wildman–Crippen LogP) is 2.55. The van der Waals surface area contributed by atoms with Gasteiger partial charge in [-0.15, -0.1) is 0 Å². The van der Waals surface area contributed by atoms with E-state index in [-0.39, 0.29) is 54.2 Å². The maximum absolute atomic E-state index is 13.4. The summed E-state index contributed by atoms with van der Waals surface area (Å²) in [5.41, 5.74) is -0.221. The third-order valence-electron chi connectivity index (χ3n) is 12.0. The van der Waals surface area contributed by atoms with Crippen LogP contribution < -0.4 is 0 Å². The minimum absolute atomic E-state index is 0.00997. The summed E-state index contributed by atoms with van der Waals surface area (Å²) in [6, 6.07) is 0. The molecular formula is C28H40O7. The Morgan fingerprint density at radius 1 is 1.09 bits per heavy atom. The van der Waals surface area contributed by atoms with Crippen LogP contribution in [-0.2, 0) is 19.1 Å². The summed E-state index contributed by atoms with van der Waals surface area (Å²) in [6.45, 7) is 8.29. The largest absolute Gasteiger partial charge is 0.458 e. The average Bonchev–Trinajstić information content (AvgIpc) is 3.44. The first-order valence-electron chi connectivity index (χ1n) is 13.6. The number of ether oxygens (including phenoxy) is 2. The summed E-state index contributed by atoms with van der Waals surface area (Å²) in [5.74, 6) is 1.29. The molecule has 0 aromatic carbocycles. The van der Waals surface area contributed by atoms with E-state index >= 15 is 0 Å². The zero-order valence-electron chi connectivity index (χ0n) is 21.3. The number of cyclic esters (lactones) is 1. The fourth-order valence-corrected chi connectivity index (χ4v) is 10.0. The van der Waals surface area contributed by atoms with E-state index in [9.17, 15) is 24.9 Å². The predicted molar refractivity (Wildman–Crippen MR) is 126 cm³/mol. The number of carbonyl (C=O) groups is 2. The van der Waals surface area contributed by atoms with Gasteiger partial charge in [-0.05, 0) is 81.0 Å². The first-order chi connectivity index (χ1) is 16.5. The van der Waals surface area contributed by atoms with Gasteiger partial charge in [0, 0.05) is 12.8 Å². The van der Waals surface area contributed by atoms with Gasteiger partial charge in [0.2, 0.25) is 0 Å². The maximum atomic E-state index is 13.4. The van der Waals surface area contributed by atoms with Crippen molar-refractivity contribution >= 4 is 11.8 Å². The summed E-state index contributed by atoms with van der Waals surface area (Å²) in [5, 5.41) is 30.8. The van der Waals surface area contributed by atoms with Crippen LogP contribution in [0.1, 0.15) is 72.6 Å². The van der Waals surface area contributed by atoms with Crippen LogP contribution in [0.25, 0.3) is 0 Å². The van der Waals surface area contributed by atoms with Gasteiger partial charge < -0.3 is 24.8 Å². The second-order valence-electron chi connectivity index (χ2n) is 13.0. The Morgan fingerprint density at radius 3 is 2.51 bits per heavy atom. The van der Waals surface area contributed by atoms with Crippen LogP contribution in [-0.4, -0.2) is 63.7 Å². The fraction of sp³-hybridized carbons (Fsp3) is 0.857. The van der Waals surface area contributed by atoms with E-state index in [1.165, 1.54) is 0 Å². The van der Waals surface area contributed by atoms with Gasteiger partial charge in [-0.2, -0.15) is 0 Å². The molecule has 3 N–H and O–H groups in total. The molecule has 1 saturated heterocycles. The van der Waals surface area contributed by atoms with Crippen LogP contribution in [0.2, 0.25) is 0 Å². The highest BCUT2D eigenvalue weighted by atomic mass is 16.6. The van der Waals surface area contributed by atoms with Gasteiger partial charge in [0.15, 0.2) is 0 Å². The third kappa shape index (κ3) is 2.87. The standard InChI is InChI=1S/C28H40O7/c1-13-9-21(34-25(33)16(13)12-29)14(2)17-5-6-18-15-10-23-28(35-23)24(32)20(30)11-22(31)27(28,4)19(15)7-8-26(17,18)3/h14-15,17-21,23-24,29-30,32H,5-12H2,1-4H3/t14-,15-,17+,18-,19-,20-,21?,23+,24-,26+,27-,28-/m0/s1. The lowest BCUT2D eigenvalue weighted by Crippen LogP contribution is -2.68. The number of aliphatic hydroxyl groups excluding tert-OH is 3. The molecule has 194 valence electrons. The van der Waals surface area contributed by atoms with Crippen molar-refractivity contribution in [3.63, 3.8) is 0 Å². The number of hydrogen-bond acceptors (Lipinski definition) is 7. The van der Waals surface area contributed by atoms with E-state index in [4.69, 9.17) is 9.47 Å². The second kappa shape index (κ2) is 7.62. The lowest BCUT2D eigenvalue weighted by atomic mass is 9.43. The molecule has 7 nitrogen and oxygen atoms in total. The molecule has 0 radical (unpaired) electrons. The molecule has 2 heterocycles. The van der Waals surface area contributed by atoms with Crippen LogP contribution in [0.4, 0.5) is 0 Å². The lowest BCUT2D eigenvalue weighted by Gasteiger charge is -2.59. The SMILES string of the molecule is CC1=C(CO)C(=O)OC([C@@H](C)[C@H]2CC[C@H]3[C@@H]4C[C@H]5O[C@]56[C@@H](O)[C@@H](O)CC(=O)[C@]6(C)[C@H]4CC[C@]23C)C1. The molecule has 6 rings (SSSR count). The molecule has 7 heteroatoms. The summed E-state index contributed by atoms with van der Waals surface area (Å²) in [6.07, 6.45) is 3.27. The molecule has 1 spiro atoms. The highest BCUT2D eigenvalue weighted by molar-refractivity contribution is 5.90. The van der Waals surface area contributed by atoms with Crippen LogP contribution in [0.15, 0.2) is 11.1 Å². The molecule has 5 fully saturated rings. The molecule has 0 aromatic heterocycles. The van der Waals surface area contributed by atoms with Crippen LogP contribution in [0.5, 0.6) is 0 Å². The van der Waals surface area contributed by atoms with Crippen molar-refractivity contribution in [2.24, 2.45) is 40.4 Å². The zero-order valence-corrected chi connectivity index (χ0v) is 21.3. The maximum Gasteiger partial charge on any atom is 0.336 e. The molecule has 0 aromatic rings. The second-order valence-corrected chi connectivity index (χ2v) is 13.0. The highest BCUT2D eigenvalue weighted by Crippen LogP contribution is 2.73. The Balaban J connectivity index is 1.27. The van der Waals surface area contributed by atoms with E-state index in [1.54, 1.807) is 0 Å². The summed E-state index contributed by atoms with van der Waals surface area (Å²) < 4.78 is 12.0. The van der Waals surface area contributed by atoms with Gasteiger partial charge in [-0.1, -0.05) is 19.4 Å². The van der Waals surface area contributed by atoms with Crippen molar-refractivity contribution in [1.82, 2.24) is 0 Å². The molecule has 0 amide bonds. The van der Waals surface area contributed by atoms with Crippen molar-refractivity contribution in [3.05, 3.63) is 11.1 Å². The monoisotopic (exact) mass is 488 g/mol. The normalized spacial score (nSPS) is 53.8. The number of ketones is 1. The molecular weight excluding hydrogens is 448 g/mol. The van der Waals surface area contributed by atoms with E-state index < -0.39 is 23.2 Å². The molecule has 1 unspecified atom stereocenters. The Hall–Kier alpha value is -1.28. The van der Waals surface area contributed by atoms with Gasteiger partial charge in [0.05, 0.1) is 29.8 Å². The number of Topliss-reactive ketones (excluding diaryl/α,β-unsaturated/α-hetero) is 1. The van der Waals surface area contributed by atoms with E-state index in [0.29, 0.717) is 29.7 Å². The molecule has 12 atom stereocenters. The molecule has 4 aliphatic carbocycles. The molecule has 4 saturated carbocycles. The first kappa shape index (κ1) is 24.1. The van der Waals surface area contributed by atoms with Crippen molar-refractivity contribution in [1.29, 1.82) is 0 Å². The number of aliphatic hydroxyl groups is 3. The highest BCUT2D eigenvalue weighted by Gasteiger charge is 2.82. The van der Waals surface area contributed by atoms with Crippen molar-refractivity contribution in [3.8, 4) is 0 Å². The number of epoxide rings is 1.